The highest BCUT2D eigenvalue weighted by Gasteiger charge is 2.36. The van der Waals surface area contributed by atoms with Crippen LogP contribution in [-0.2, 0) is 4.74 Å². The molecule has 0 radical (unpaired) electrons. The smallest absolute Gasteiger partial charge is 0.365 e. The van der Waals surface area contributed by atoms with Crippen LogP contribution < -0.4 is 0 Å². The topological polar surface area (TPSA) is 9.23 Å². The molecule has 0 aliphatic carbocycles. The van der Waals surface area contributed by atoms with Gasteiger partial charge in [0.05, 0.1) is 6.61 Å². The van der Waals surface area contributed by atoms with Crippen molar-refractivity contribution in [2.24, 2.45) is 0 Å². The highest BCUT2D eigenvalue weighted by Crippen LogP contribution is 2.21. The van der Waals surface area contributed by atoms with Gasteiger partial charge in [-0.15, -0.1) is 6.58 Å². The summed E-state index contributed by atoms with van der Waals surface area (Å²) in [6.45, 7) is 4.12. The summed E-state index contributed by atoms with van der Waals surface area (Å²) in [7, 11) is 0. The molecule has 0 N–H and O–H groups in total. The van der Waals surface area contributed by atoms with E-state index >= 15 is 0 Å². The minimum absolute atomic E-state index is 0. The SMILES string of the molecule is C.C=CCOC(C)C(F)(F)F. The molecular formula is C7H13F3O. The molecule has 1 atom stereocenters. The maximum Gasteiger partial charge on any atom is 0.414 e. The van der Waals surface area contributed by atoms with Crippen molar-refractivity contribution < 1.29 is 17.9 Å². The van der Waals surface area contributed by atoms with Gasteiger partial charge >= 0.3 is 6.18 Å². The number of rotatable bonds is 3. The second-order valence-electron chi connectivity index (χ2n) is 1.81. The van der Waals surface area contributed by atoms with Gasteiger partial charge in [0, 0.05) is 0 Å². The molecule has 0 aliphatic rings. The summed E-state index contributed by atoms with van der Waals surface area (Å²) in [5.74, 6) is 0. The molecule has 1 nitrogen and oxygen atoms in total. The van der Waals surface area contributed by atoms with Crippen molar-refractivity contribution in [1.82, 2.24) is 0 Å². The molecule has 11 heavy (non-hydrogen) atoms. The third-order valence-corrected chi connectivity index (χ3v) is 0.925. The molecule has 0 aliphatic heterocycles. The Hall–Kier alpha value is -0.510. The predicted octanol–water partition coefficient (Wildman–Crippen LogP) is 2.78. The Morgan fingerprint density at radius 1 is 1.55 bits per heavy atom. The van der Waals surface area contributed by atoms with E-state index in [0.29, 0.717) is 0 Å². The van der Waals surface area contributed by atoms with Gasteiger partial charge in [-0.25, -0.2) is 0 Å². The molecule has 0 saturated carbocycles. The molecule has 0 amide bonds. The lowest BCUT2D eigenvalue weighted by Crippen LogP contribution is -2.28. The zero-order valence-electron chi connectivity index (χ0n) is 5.61. The first kappa shape index (κ1) is 13.1. The van der Waals surface area contributed by atoms with Crippen LogP contribution in [0.3, 0.4) is 0 Å². The summed E-state index contributed by atoms with van der Waals surface area (Å²) in [6, 6.07) is 0. The van der Waals surface area contributed by atoms with E-state index in [0.717, 1.165) is 6.92 Å². The molecule has 0 spiro atoms. The van der Waals surface area contributed by atoms with Crippen LogP contribution in [0.4, 0.5) is 13.2 Å². The first-order chi connectivity index (χ1) is 4.48. The van der Waals surface area contributed by atoms with E-state index in [2.05, 4.69) is 11.3 Å². The second kappa shape index (κ2) is 5.18. The van der Waals surface area contributed by atoms with Crippen LogP contribution in [-0.4, -0.2) is 18.9 Å². The number of hydrogen-bond donors (Lipinski definition) is 0. The summed E-state index contributed by atoms with van der Waals surface area (Å²) >= 11 is 0. The van der Waals surface area contributed by atoms with Crippen molar-refractivity contribution in [3.63, 3.8) is 0 Å². The van der Waals surface area contributed by atoms with Gasteiger partial charge < -0.3 is 4.74 Å². The molecule has 0 bridgehead atoms. The summed E-state index contributed by atoms with van der Waals surface area (Å²) in [5.41, 5.74) is 0. The van der Waals surface area contributed by atoms with Crippen LogP contribution in [0, 0.1) is 0 Å². The average molecular weight is 170 g/mol. The van der Waals surface area contributed by atoms with Crippen molar-refractivity contribution in [2.45, 2.75) is 26.6 Å². The Morgan fingerprint density at radius 2 is 2.00 bits per heavy atom. The van der Waals surface area contributed by atoms with Crippen molar-refractivity contribution in [1.29, 1.82) is 0 Å². The lowest BCUT2D eigenvalue weighted by molar-refractivity contribution is -0.210. The summed E-state index contributed by atoms with van der Waals surface area (Å²) in [4.78, 5) is 0. The van der Waals surface area contributed by atoms with Gasteiger partial charge in [-0.2, -0.15) is 13.2 Å². The number of halogens is 3. The Morgan fingerprint density at radius 3 is 2.27 bits per heavy atom. The van der Waals surface area contributed by atoms with Gasteiger partial charge in [0.25, 0.3) is 0 Å². The average Bonchev–Trinajstić information content (AvgIpc) is 1.80. The van der Waals surface area contributed by atoms with E-state index in [1.807, 2.05) is 0 Å². The normalized spacial score (nSPS) is 13.5. The van der Waals surface area contributed by atoms with Crippen LogP contribution in [0.5, 0.6) is 0 Å². The zero-order valence-corrected chi connectivity index (χ0v) is 5.61. The molecule has 4 heteroatoms. The van der Waals surface area contributed by atoms with Crippen LogP contribution in [0.25, 0.3) is 0 Å². The third-order valence-electron chi connectivity index (χ3n) is 0.925. The van der Waals surface area contributed by atoms with E-state index in [-0.39, 0.29) is 14.0 Å². The van der Waals surface area contributed by atoms with E-state index in [1.165, 1.54) is 6.08 Å². The third kappa shape index (κ3) is 5.91. The lowest BCUT2D eigenvalue weighted by atomic mass is 10.4. The first-order valence-corrected chi connectivity index (χ1v) is 2.77. The van der Waals surface area contributed by atoms with Crippen molar-refractivity contribution in [3.8, 4) is 0 Å². The predicted molar refractivity (Wildman–Crippen MR) is 38.4 cm³/mol. The van der Waals surface area contributed by atoms with Crippen molar-refractivity contribution in [3.05, 3.63) is 12.7 Å². The van der Waals surface area contributed by atoms with Gasteiger partial charge in [-0.1, -0.05) is 13.5 Å². The minimum Gasteiger partial charge on any atom is -0.365 e. The second-order valence-corrected chi connectivity index (χ2v) is 1.81. The van der Waals surface area contributed by atoms with Gasteiger partial charge in [0.15, 0.2) is 6.10 Å². The van der Waals surface area contributed by atoms with E-state index in [1.54, 1.807) is 0 Å². The van der Waals surface area contributed by atoms with E-state index in [4.69, 9.17) is 0 Å². The maximum absolute atomic E-state index is 11.6. The van der Waals surface area contributed by atoms with Crippen LogP contribution in [0.1, 0.15) is 14.4 Å². The van der Waals surface area contributed by atoms with Gasteiger partial charge in [0.2, 0.25) is 0 Å². The first-order valence-electron chi connectivity index (χ1n) is 2.77. The summed E-state index contributed by atoms with van der Waals surface area (Å²) < 4.78 is 39.2. The molecule has 0 aromatic rings. The molecule has 68 valence electrons. The largest absolute Gasteiger partial charge is 0.414 e. The molecular weight excluding hydrogens is 157 g/mol. The fraction of sp³-hybridized carbons (Fsp3) is 0.714. The van der Waals surface area contributed by atoms with Gasteiger partial charge in [-0.3, -0.25) is 0 Å². The highest BCUT2D eigenvalue weighted by molar-refractivity contribution is 4.68. The Labute approximate surface area is 64.9 Å². The Kier molecular flexibility index (Phi) is 6.17. The van der Waals surface area contributed by atoms with Crippen LogP contribution in [0.15, 0.2) is 12.7 Å². The highest BCUT2D eigenvalue weighted by atomic mass is 19.4. The molecule has 1 unspecified atom stereocenters. The van der Waals surface area contributed by atoms with Crippen LogP contribution in [0.2, 0.25) is 0 Å². The van der Waals surface area contributed by atoms with Crippen LogP contribution >= 0.6 is 0 Å². The number of hydrogen-bond acceptors (Lipinski definition) is 1. The fourth-order valence-electron chi connectivity index (χ4n) is 0.307. The molecule has 0 fully saturated rings. The van der Waals surface area contributed by atoms with E-state index in [9.17, 15) is 13.2 Å². The number of alkyl halides is 3. The fourth-order valence-corrected chi connectivity index (χ4v) is 0.307. The van der Waals surface area contributed by atoms with Crippen molar-refractivity contribution in [2.75, 3.05) is 6.61 Å². The van der Waals surface area contributed by atoms with Crippen molar-refractivity contribution >= 4 is 0 Å². The zero-order chi connectivity index (χ0) is 8.20. The molecule has 0 aromatic carbocycles. The molecule has 0 saturated heterocycles. The van der Waals surface area contributed by atoms with E-state index < -0.39 is 12.3 Å². The molecule has 0 aromatic heterocycles. The van der Waals surface area contributed by atoms with Gasteiger partial charge in [-0.05, 0) is 6.92 Å². The van der Waals surface area contributed by atoms with Gasteiger partial charge in [0.1, 0.15) is 0 Å². The molecule has 0 rings (SSSR count). The standard InChI is InChI=1S/C6H9F3O.CH4/c1-3-4-10-5(2)6(7,8)9;/h3,5H,1,4H2,2H3;1H4. The minimum atomic E-state index is -4.26. The summed E-state index contributed by atoms with van der Waals surface area (Å²) in [5, 5.41) is 0. The Bertz CT molecular complexity index is 109. The lowest BCUT2D eigenvalue weighted by Gasteiger charge is -2.14. The quantitative estimate of drug-likeness (QED) is 0.592. The number of ether oxygens (including phenoxy) is 1. The molecule has 0 heterocycles. The summed E-state index contributed by atoms with van der Waals surface area (Å²) in [6.07, 6.45) is -4.68. The maximum atomic E-state index is 11.6. The monoisotopic (exact) mass is 170 g/mol. The Balaban J connectivity index is 0.